The molecule has 120 valence electrons. The molecule has 23 heavy (non-hydrogen) atoms. The monoisotopic (exact) mass is 329 g/mol. The number of likely N-dealkylation sites (N-methyl/N-ethyl adjacent to an activating group) is 1. The molecule has 2 aromatic rings. The van der Waals surface area contributed by atoms with E-state index in [-0.39, 0.29) is 12.1 Å². The van der Waals surface area contributed by atoms with Crippen LogP contribution in [0.25, 0.3) is 0 Å². The second-order valence-corrected chi connectivity index (χ2v) is 7.13. The first-order valence-corrected chi connectivity index (χ1v) is 8.52. The highest BCUT2D eigenvalue weighted by Crippen LogP contribution is 2.40. The Morgan fingerprint density at radius 3 is 3.04 bits per heavy atom. The third kappa shape index (κ3) is 2.48. The molecular weight excluding hydrogens is 310 g/mol. The Labute approximate surface area is 139 Å². The summed E-state index contributed by atoms with van der Waals surface area (Å²) < 4.78 is 5.28. The number of amides is 1. The number of carbonyl (C=O) groups is 1. The molecule has 6 heteroatoms. The number of ether oxygens (including phenoxy) is 1. The average molecular weight is 329 g/mol. The van der Waals surface area contributed by atoms with Gasteiger partial charge in [-0.15, -0.1) is 11.3 Å². The van der Waals surface area contributed by atoms with E-state index in [0.29, 0.717) is 0 Å². The number of thiophene rings is 1. The lowest BCUT2D eigenvalue weighted by Gasteiger charge is -2.27. The van der Waals surface area contributed by atoms with Crippen molar-refractivity contribution in [1.29, 1.82) is 0 Å². The van der Waals surface area contributed by atoms with Crippen molar-refractivity contribution in [1.82, 2.24) is 10.2 Å². The normalized spacial score (nSPS) is 20.3. The number of fused-ring (bicyclic) bond motifs is 3. The maximum atomic E-state index is 12.6. The Bertz CT molecular complexity index is 771. The molecule has 1 amide bonds. The summed E-state index contributed by atoms with van der Waals surface area (Å²) >= 11 is 1.71. The molecule has 0 aliphatic carbocycles. The third-order valence-corrected chi connectivity index (χ3v) is 5.60. The molecule has 0 unspecified atom stereocenters. The fourth-order valence-corrected chi connectivity index (χ4v) is 4.58. The number of benzene rings is 1. The molecular formula is C17H19N3O2S. The Kier molecular flexibility index (Phi) is 3.50. The summed E-state index contributed by atoms with van der Waals surface area (Å²) in [5.74, 6) is 0.810. The van der Waals surface area contributed by atoms with Gasteiger partial charge in [0.05, 0.1) is 12.7 Å². The highest BCUT2D eigenvalue weighted by atomic mass is 32.1. The second kappa shape index (κ2) is 5.54. The smallest absolute Gasteiger partial charge is 0.256 e. The van der Waals surface area contributed by atoms with Gasteiger partial charge in [0.2, 0.25) is 0 Å². The summed E-state index contributed by atoms with van der Waals surface area (Å²) in [4.78, 5) is 16.2. The minimum atomic E-state index is -0.220. The van der Waals surface area contributed by atoms with Crippen LogP contribution in [0.15, 0.2) is 24.3 Å². The molecule has 0 bridgehead atoms. The van der Waals surface area contributed by atoms with E-state index in [4.69, 9.17) is 4.74 Å². The number of rotatable bonds is 2. The van der Waals surface area contributed by atoms with Gasteiger partial charge in [0.25, 0.3) is 5.91 Å². The fraction of sp³-hybridized carbons (Fsp3) is 0.353. The quantitative estimate of drug-likeness (QED) is 0.889. The van der Waals surface area contributed by atoms with Gasteiger partial charge in [-0.3, -0.25) is 4.79 Å². The number of nitrogens with zero attached hydrogens (tertiary/aromatic N) is 1. The molecule has 2 aliphatic heterocycles. The average Bonchev–Trinajstić information content (AvgIpc) is 2.92. The van der Waals surface area contributed by atoms with Crippen LogP contribution in [-0.4, -0.2) is 31.5 Å². The Hall–Kier alpha value is -2.05. The van der Waals surface area contributed by atoms with Crippen molar-refractivity contribution in [2.75, 3.05) is 26.0 Å². The van der Waals surface area contributed by atoms with Gasteiger partial charge in [0, 0.05) is 18.0 Å². The van der Waals surface area contributed by atoms with Crippen LogP contribution in [0, 0.1) is 0 Å². The van der Waals surface area contributed by atoms with Crippen LogP contribution in [0.4, 0.5) is 5.00 Å². The van der Waals surface area contributed by atoms with Crippen LogP contribution < -0.4 is 15.4 Å². The summed E-state index contributed by atoms with van der Waals surface area (Å²) in [6.07, 6.45) is 0.722. The number of carbonyl (C=O) groups excluding carboxylic acids is 1. The van der Waals surface area contributed by atoms with Crippen molar-refractivity contribution >= 4 is 22.2 Å². The number of hydrogen-bond acceptors (Lipinski definition) is 5. The van der Waals surface area contributed by atoms with E-state index >= 15 is 0 Å². The SMILES string of the molecule is COc1cccc([C@H]2NC(=O)c3c(sc4c3CCN(C)C4)N2)c1. The zero-order valence-corrected chi connectivity index (χ0v) is 14.0. The number of methoxy groups -OCH3 is 1. The van der Waals surface area contributed by atoms with Crippen molar-refractivity contribution in [2.45, 2.75) is 19.1 Å². The predicted molar refractivity (Wildman–Crippen MR) is 91.2 cm³/mol. The number of anilines is 1. The molecule has 3 heterocycles. The first-order valence-electron chi connectivity index (χ1n) is 7.70. The summed E-state index contributed by atoms with van der Waals surface area (Å²) in [5.41, 5.74) is 3.06. The van der Waals surface area contributed by atoms with E-state index in [1.54, 1.807) is 18.4 Å². The van der Waals surface area contributed by atoms with Gasteiger partial charge in [-0.2, -0.15) is 0 Å². The van der Waals surface area contributed by atoms with Gasteiger partial charge in [-0.25, -0.2) is 0 Å². The van der Waals surface area contributed by atoms with Crippen LogP contribution in [-0.2, 0) is 13.0 Å². The lowest BCUT2D eigenvalue weighted by Crippen LogP contribution is -2.38. The van der Waals surface area contributed by atoms with Crippen molar-refractivity contribution in [2.24, 2.45) is 0 Å². The molecule has 1 atom stereocenters. The minimum absolute atomic E-state index is 0.0219. The van der Waals surface area contributed by atoms with Gasteiger partial charge < -0.3 is 20.3 Å². The van der Waals surface area contributed by atoms with E-state index in [2.05, 4.69) is 22.6 Å². The van der Waals surface area contributed by atoms with E-state index in [9.17, 15) is 4.79 Å². The maximum absolute atomic E-state index is 12.6. The van der Waals surface area contributed by atoms with Crippen molar-refractivity contribution in [3.63, 3.8) is 0 Å². The molecule has 1 aromatic heterocycles. The summed E-state index contributed by atoms with van der Waals surface area (Å²) in [5, 5.41) is 7.54. The Morgan fingerprint density at radius 2 is 2.22 bits per heavy atom. The molecule has 1 aromatic carbocycles. The van der Waals surface area contributed by atoms with Gasteiger partial charge in [-0.05, 0) is 36.7 Å². The van der Waals surface area contributed by atoms with Crippen LogP contribution in [0.3, 0.4) is 0 Å². The molecule has 0 spiro atoms. The minimum Gasteiger partial charge on any atom is -0.497 e. The maximum Gasteiger partial charge on any atom is 0.256 e. The largest absolute Gasteiger partial charge is 0.497 e. The van der Waals surface area contributed by atoms with Crippen LogP contribution >= 0.6 is 11.3 Å². The standard InChI is InChI=1S/C17H19N3O2S/c1-20-7-6-12-13(9-20)23-17-14(12)16(21)18-15(19-17)10-4-3-5-11(8-10)22-2/h3-5,8,15,19H,6-7,9H2,1-2H3,(H,18,21)/t15-/m0/s1. The molecule has 2 aliphatic rings. The number of hydrogen-bond donors (Lipinski definition) is 2. The van der Waals surface area contributed by atoms with Crippen molar-refractivity contribution in [3.8, 4) is 5.75 Å². The molecule has 0 radical (unpaired) electrons. The van der Waals surface area contributed by atoms with Gasteiger partial charge in [0.1, 0.15) is 16.9 Å². The number of nitrogens with one attached hydrogen (secondary N) is 2. The lowest BCUT2D eigenvalue weighted by molar-refractivity contribution is 0.0935. The molecule has 0 fully saturated rings. The zero-order valence-electron chi connectivity index (χ0n) is 13.2. The summed E-state index contributed by atoms with van der Waals surface area (Å²) in [7, 11) is 3.77. The first kappa shape index (κ1) is 14.5. The van der Waals surface area contributed by atoms with Crippen molar-refractivity contribution < 1.29 is 9.53 Å². The Balaban J connectivity index is 1.68. The highest BCUT2D eigenvalue weighted by molar-refractivity contribution is 7.16. The van der Waals surface area contributed by atoms with E-state index in [1.165, 1.54) is 10.4 Å². The summed E-state index contributed by atoms with van der Waals surface area (Å²) in [6.45, 7) is 1.93. The molecule has 0 saturated carbocycles. The molecule has 0 saturated heterocycles. The topological polar surface area (TPSA) is 53.6 Å². The highest BCUT2D eigenvalue weighted by Gasteiger charge is 2.32. The third-order valence-electron chi connectivity index (χ3n) is 4.45. The van der Waals surface area contributed by atoms with Crippen LogP contribution in [0.5, 0.6) is 5.75 Å². The van der Waals surface area contributed by atoms with Gasteiger partial charge in [-0.1, -0.05) is 12.1 Å². The summed E-state index contributed by atoms with van der Waals surface area (Å²) in [6, 6.07) is 7.78. The molecule has 2 N–H and O–H groups in total. The van der Waals surface area contributed by atoms with Crippen LogP contribution in [0.2, 0.25) is 0 Å². The van der Waals surface area contributed by atoms with Crippen LogP contribution in [0.1, 0.15) is 32.5 Å². The van der Waals surface area contributed by atoms with Gasteiger partial charge in [0.15, 0.2) is 0 Å². The van der Waals surface area contributed by atoms with E-state index < -0.39 is 0 Å². The lowest BCUT2D eigenvalue weighted by atomic mass is 10.0. The van der Waals surface area contributed by atoms with Gasteiger partial charge >= 0.3 is 0 Å². The molecule has 5 nitrogen and oxygen atoms in total. The van der Waals surface area contributed by atoms with Crippen molar-refractivity contribution in [3.05, 3.63) is 45.8 Å². The second-order valence-electron chi connectivity index (χ2n) is 6.02. The first-order chi connectivity index (χ1) is 11.2. The molecule has 4 rings (SSSR count). The Morgan fingerprint density at radius 1 is 1.35 bits per heavy atom. The predicted octanol–water partition coefficient (Wildman–Crippen LogP) is 2.60. The zero-order chi connectivity index (χ0) is 16.0. The van der Waals surface area contributed by atoms with E-state index in [0.717, 1.165) is 41.4 Å². The fourth-order valence-electron chi connectivity index (χ4n) is 3.23. The van der Waals surface area contributed by atoms with E-state index in [1.807, 2.05) is 24.3 Å².